The van der Waals surface area contributed by atoms with Gasteiger partial charge in [-0.2, -0.15) is 16.9 Å². The normalized spacial score (nSPS) is 27.9. The van der Waals surface area contributed by atoms with E-state index < -0.39 is 0 Å². The second-order valence-electron chi connectivity index (χ2n) is 3.93. The SMILES string of the molecule is C1CSCC(c2nc(C3CC3)n[nH]2)N1. The van der Waals surface area contributed by atoms with Crippen LogP contribution in [0.15, 0.2) is 0 Å². The lowest BCUT2D eigenvalue weighted by Crippen LogP contribution is -2.31. The monoisotopic (exact) mass is 210 g/mol. The van der Waals surface area contributed by atoms with Gasteiger partial charge in [-0.05, 0) is 12.8 Å². The fourth-order valence-corrected chi connectivity index (χ4v) is 2.65. The van der Waals surface area contributed by atoms with Crippen LogP contribution in [-0.2, 0) is 0 Å². The first-order chi connectivity index (χ1) is 6.93. The van der Waals surface area contributed by atoms with Crippen LogP contribution < -0.4 is 5.32 Å². The summed E-state index contributed by atoms with van der Waals surface area (Å²) in [6.45, 7) is 1.08. The Hall–Kier alpha value is -0.550. The molecule has 1 aromatic heterocycles. The third-order valence-electron chi connectivity index (χ3n) is 2.71. The Morgan fingerprint density at radius 1 is 1.36 bits per heavy atom. The van der Waals surface area contributed by atoms with Crippen LogP contribution >= 0.6 is 11.8 Å². The molecule has 1 unspecified atom stereocenters. The minimum Gasteiger partial charge on any atom is -0.306 e. The van der Waals surface area contributed by atoms with Gasteiger partial charge in [0.1, 0.15) is 5.82 Å². The number of aromatic nitrogens is 3. The molecule has 0 amide bonds. The van der Waals surface area contributed by atoms with Crippen LogP contribution in [0.3, 0.4) is 0 Å². The maximum Gasteiger partial charge on any atom is 0.153 e. The number of rotatable bonds is 2. The van der Waals surface area contributed by atoms with E-state index in [9.17, 15) is 0 Å². The average Bonchev–Trinajstić information content (AvgIpc) is 2.98. The summed E-state index contributed by atoms with van der Waals surface area (Å²) in [5.74, 6) is 5.02. The molecule has 0 aromatic carbocycles. The van der Waals surface area contributed by atoms with Crippen LogP contribution in [-0.4, -0.2) is 33.2 Å². The summed E-state index contributed by atoms with van der Waals surface area (Å²) in [7, 11) is 0. The van der Waals surface area contributed by atoms with Gasteiger partial charge in [0.05, 0.1) is 6.04 Å². The molecule has 2 N–H and O–H groups in total. The van der Waals surface area contributed by atoms with Crippen molar-refractivity contribution in [1.29, 1.82) is 0 Å². The van der Waals surface area contributed by atoms with Crippen molar-refractivity contribution in [3.05, 3.63) is 11.6 Å². The number of thioether (sulfide) groups is 1. The molecule has 1 saturated carbocycles. The summed E-state index contributed by atoms with van der Waals surface area (Å²) in [4.78, 5) is 4.55. The van der Waals surface area contributed by atoms with Crippen molar-refractivity contribution in [3.8, 4) is 0 Å². The standard InChI is InChI=1S/C9H14N4S/c1-2-6(1)8-11-9(13-12-8)7-5-14-4-3-10-7/h6-7,10H,1-5H2,(H,11,12,13). The maximum absolute atomic E-state index is 4.55. The van der Waals surface area contributed by atoms with Gasteiger partial charge in [-0.25, -0.2) is 4.98 Å². The molecule has 76 valence electrons. The molecule has 5 heteroatoms. The molecule has 2 aliphatic rings. The fraction of sp³-hybridized carbons (Fsp3) is 0.778. The van der Waals surface area contributed by atoms with Gasteiger partial charge in [0.25, 0.3) is 0 Å². The lowest BCUT2D eigenvalue weighted by atomic mass is 10.3. The lowest BCUT2D eigenvalue weighted by molar-refractivity contribution is 0.566. The first-order valence-corrected chi connectivity index (χ1v) is 6.32. The van der Waals surface area contributed by atoms with Crippen molar-refractivity contribution in [3.63, 3.8) is 0 Å². The maximum atomic E-state index is 4.55. The van der Waals surface area contributed by atoms with Gasteiger partial charge < -0.3 is 5.32 Å². The summed E-state index contributed by atoms with van der Waals surface area (Å²) >= 11 is 1.98. The van der Waals surface area contributed by atoms with Crippen molar-refractivity contribution in [2.45, 2.75) is 24.8 Å². The molecule has 1 saturated heterocycles. The minimum absolute atomic E-state index is 0.383. The smallest absolute Gasteiger partial charge is 0.153 e. The highest BCUT2D eigenvalue weighted by atomic mass is 32.2. The van der Waals surface area contributed by atoms with Crippen molar-refractivity contribution in [2.75, 3.05) is 18.1 Å². The molecule has 1 aliphatic heterocycles. The van der Waals surface area contributed by atoms with Gasteiger partial charge in [-0.15, -0.1) is 0 Å². The zero-order chi connectivity index (χ0) is 9.38. The van der Waals surface area contributed by atoms with Crippen LogP contribution in [0.2, 0.25) is 0 Å². The Balaban J connectivity index is 1.74. The first-order valence-electron chi connectivity index (χ1n) is 5.17. The van der Waals surface area contributed by atoms with E-state index in [4.69, 9.17) is 0 Å². The number of aromatic amines is 1. The molecule has 3 rings (SSSR count). The van der Waals surface area contributed by atoms with Crippen LogP contribution in [0.4, 0.5) is 0 Å². The summed E-state index contributed by atoms with van der Waals surface area (Å²) < 4.78 is 0. The summed E-state index contributed by atoms with van der Waals surface area (Å²) in [6, 6.07) is 0.383. The van der Waals surface area contributed by atoms with Gasteiger partial charge in [-0.1, -0.05) is 0 Å². The quantitative estimate of drug-likeness (QED) is 0.766. The second-order valence-corrected chi connectivity index (χ2v) is 5.08. The minimum atomic E-state index is 0.383. The van der Waals surface area contributed by atoms with Crippen molar-refractivity contribution in [2.24, 2.45) is 0 Å². The van der Waals surface area contributed by atoms with Crippen LogP contribution in [0.5, 0.6) is 0 Å². The van der Waals surface area contributed by atoms with Gasteiger partial charge in [-0.3, -0.25) is 5.10 Å². The number of nitrogens with zero attached hydrogens (tertiary/aromatic N) is 2. The molecule has 0 spiro atoms. The van der Waals surface area contributed by atoms with Gasteiger partial charge in [0, 0.05) is 24.0 Å². The van der Waals surface area contributed by atoms with E-state index in [-0.39, 0.29) is 0 Å². The van der Waals surface area contributed by atoms with Crippen molar-refractivity contribution in [1.82, 2.24) is 20.5 Å². The number of hydrogen-bond donors (Lipinski definition) is 2. The first kappa shape index (κ1) is 8.73. The molecule has 1 atom stereocenters. The van der Waals surface area contributed by atoms with E-state index in [0.717, 1.165) is 23.9 Å². The average molecular weight is 210 g/mol. The summed E-state index contributed by atoms with van der Waals surface area (Å²) in [5, 5.41) is 10.8. The van der Waals surface area contributed by atoms with Crippen LogP contribution in [0, 0.1) is 0 Å². The summed E-state index contributed by atoms with van der Waals surface area (Å²) in [5.41, 5.74) is 0. The number of nitrogens with one attached hydrogen (secondary N) is 2. The Labute approximate surface area is 87.3 Å². The predicted molar refractivity (Wildman–Crippen MR) is 56.4 cm³/mol. The zero-order valence-corrected chi connectivity index (χ0v) is 8.81. The van der Waals surface area contributed by atoms with Gasteiger partial charge in [0.2, 0.25) is 0 Å². The highest BCUT2D eigenvalue weighted by Crippen LogP contribution is 2.38. The summed E-state index contributed by atoms with van der Waals surface area (Å²) in [6.07, 6.45) is 2.54. The second kappa shape index (κ2) is 3.55. The molecule has 1 aliphatic carbocycles. The van der Waals surface area contributed by atoms with E-state index in [1.54, 1.807) is 0 Å². The highest BCUT2D eigenvalue weighted by molar-refractivity contribution is 7.99. The molecule has 2 fully saturated rings. The molecule has 14 heavy (non-hydrogen) atoms. The molecule has 4 nitrogen and oxygen atoms in total. The number of hydrogen-bond acceptors (Lipinski definition) is 4. The molecule has 0 radical (unpaired) electrons. The topological polar surface area (TPSA) is 53.6 Å². The number of H-pyrrole nitrogens is 1. The predicted octanol–water partition coefficient (Wildman–Crippen LogP) is 1.06. The largest absolute Gasteiger partial charge is 0.306 e. The van der Waals surface area contributed by atoms with E-state index in [1.165, 1.54) is 18.6 Å². The third-order valence-corrected chi connectivity index (χ3v) is 3.78. The van der Waals surface area contributed by atoms with Crippen molar-refractivity contribution < 1.29 is 0 Å². The molecular formula is C9H14N4S. The highest BCUT2D eigenvalue weighted by Gasteiger charge is 2.29. The molecule has 1 aromatic rings. The lowest BCUT2D eigenvalue weighted by Gasteiger charge is -2.20. The Morgan fingerprint density at radius 2 is 2.29 bits per heavy atom. The third kappa shape index (κ3) is 1.66. The van der Waals surface area contributed by atoms with E-state index in [1.807, 2.05) is 11.8 Å². The Morgan fingerprint density at radius 3 is 3.00 bits per heavy atom. The van der Waals surface area contributed by atoms with E-state index in [0.29, 0.717) is 12.0 Å². The molecular weight excluding hydrogens is 196 g/mol. The van der Waals surface area contributed by atoms with E-state index in [2.05, 4.69) is 20.5 Å². The Bertz CT molecular complexity index is 314. The zero-order valence-electron chi connectivity index (χ0n) is 7.99. The molecule has 2 heterocycles. The molecule has 0 bridgehead atoms. The van der Waals surface area contributed by atoms with Gasteiger partial charge >= 0.3 is 0 Å². The van der Waals surface area contributed by atoms with Crippen LogP contribution in [0.1, 0.15) is 36.5 Å². The fourth-order valence-electron chi connectivity index (χ4n) is 1.71. The Kier molecular flexibility index (Phi) is 2.21. The van der Waals surface area contributed by atoms with Crippen molar-refractivity contribution >= 4 is 11.8 Å². The van der Waals surface area contributed by atoms with Gasteiger partial charge in [0.15, 0.2) is 5.82 Å². The van der Waals surface area contributed by atoms with E-state index >= 15 is 0 Å². The van der Waals surface area contributed by atoms with Crippen LogP contribution in [0.25, 0.3) is 0 Å².